The molecule has 5 rings (SSSR count). The molecule has 0 bridgehead atoms. The van der Waals surface area contributed by atoms with Gasteiger partial charge in [0.1, 0.15) is 28.8 Å². The summed E-state index contributed by atoms with van der Waals surface area (Å²) in [4.78, 5) is 7.20. The van der Waals surface area contributed by atoms with E-state index in [0.717, 1.165) is 6.07 Å². The van der Waals surface area contributed by atoms with Crippen LogP contribution in [0.4, 0.5) is 22.0 Å². The lowest BCUT2D eigenvalue weighted by Crippen LogP contribution is -2.38. The minimum Gasteiger partial charge on any atom is -0.406 e. The van der Waals surface area contributed by atoms with Crippen molar-refractivity contribution in [3.63, 3.8) is 0 Å². The molecule has 2 aromatic carbocycles. The van der Waals surface area contributed by atoms with Gasteiger partial charge in [0, 0.05) is 11.6 Å². The molecule has 3 heterocycles. The highest BCUT2D eigenvalue weighted by molar-refractivity contribution is 5.77. The van der Waals surface area contributed by atoms with Crippen molar-refractivity contribution in [1.82, 2.24) is 20.2 Å². The molecular weight excluding hydrogens is 461 g/mol. The Morgan fingerprint density at radius 2 is 1.85 bits per heavy atom. The molecule has 34 heavy (non-hydrogen) atoms. The molecule has 0 aliphatic carbocycles. The number of halogens is 5. The number of aromatic nitrogens is 5. The average molecular weight is 474 g/mol. The molecule has 172 valence electrons. The lowest BCUT2D eigenvalue weighted by molar-refractivity contribution is -0.745. The summed E-state index contributed by atoms with van der Waals surface area (Å²) in [5, 5.41) is 8.20. The van der Waals surface area contributed by atoms with Crippen LogP contribution in [-0.4, -0.2) is 26.6 Å². The standard InChI is InChI=1S/C22H12F5N5O2/c23-16-3-1-2-15(20(16)24)21-29-17-9-28-32(11-18(17)30-21)10-13-8-19(34-31-13)12-4-6-14(7-5-12)33-22(25,26)27/h1-9,11H,10H2/p+1. The number of ether oxygens (including phenoxy) is 1. The van der Waals surface area contributed by atoms with Crippen LogP contribution in [0.5, 0.6) is 5.75 Å². The van der Waals surface area contributed by atoms with Gasteiger partial charge in [-0.2, -0.15) is 0 Å². The normalized spacial score (nSPS) is 11.8. The quantitative estimate of drug-likeness (QED) is 0.293. The maximum Gasteiger partial charge on any atom is 0.573 e. The zero-order chi connectivity index (χ0) is 23.9. The number of alkyl halides is 3. The second-order valence-corrected chi connectivity index (χ2v) is 7.21. The number of benzene rings is 2. The third-order valence-electron chi connectivity index (χ3n) is 4.83. The van der Waals surface area contributed by atoms with Crippen molar-refractivity contribution in [1.29, 1.82) is 0 Å². The van der Waals surface area contributed by atoms with Crippen LogP contribution in [-0.2, 0) is 6.54 Å². The van der Waals surface area contributed by atoms with Crippen molar-refractivity contribution in [2.75, 3.05) is 0 Å². The highest BCUT2D eigenvalue weighted by atomic mass is 19.4. The summed E-state index contributed by atoms with van der Waals surface area (Å²) < 4.78 is 75.2. The zero-order valence-electron chi connectivity index (χ0n) is 17.0. The number of H-pyrrole nitrogens is 1. The number of nitrogens with one attached hydrogen (secondary N) is 1. The molecule has 0 unspecified atom stereocenters. The van der Waals surface area contributed by atoms with Gasteiger partial charge in [-0.25, -0.2) is 13.8 Å². The molecule has 5 aromatic rings. The largest absolute Gasteiger partial charge is 0.573 e. The van der Waals surface area contributed by atoms with E-state index in [-0.39, 0.29) is 23.7 Å². The molecule has 0 saturated carbocycles. The fourth-order valence-corrected chi connectivity index (χ4v) is 3.32. The van der Waals surface area contributed by atoms with Crippen molar-refractivity contribution < 1.29 is 35.9 Å². The van der Waals surface area contributed by atoms with Gasteiger partial charge >= 0.3 is 6.36 Å². The maximum absolute atomic E-state index is 14.1. The first-order valence-electron chi connectivity index (χ1n) is 9.77. The summed E-state index contributed by atoms with van der Waals surface area (Å²) in [5.74, 6) is -1.82. The lowest BCUT2D eigenvalue weighted by atomic mass is 10.1. The molecule has 0 radical (unpaired) electrons. The number of rotatable bonds is 5. The molecule has 0 amide bonds. The van der Waals surface area contributed by atoms with Gasteiger partial charge in [0.25, 0.3) is 0 Å². The maximum atomic E-state index is 14.1. The van der Waals surface area contributed by atoms with Gasteiger partial charge in [-0.15, -0.1) is 13.2 Å². The van der Waals surface area contributed by atoms with E-state index in [2.05, 4.69) is 25.0 Å². The van der Waals surface area contributed by atoms with Crippen molar-refractivity contribution in [2.24, 2.45) is 0 Å². The van der Waals surface area contributed by atoms with Gasteiger partial charge < -0.3 is 14.2 Å². The fourth-order valence-electron chi connectivity index (χ4n) is 3.32. The average Bonchev–Trinajstić information content (AvgIpc) is 3.42. The lowest BCUT2D eigenvalue weighted by Gasteiger charge is -2.08. The van der Waals surface area contributed by atoms with Gasteiger partial charge in [-0.1, -0.05) is 15.9 Å². The van der Waals surface area contributed by atoms with Crippen LogP contribution in [0.1, 0.15) is 5.69 Å². The van der Waals surface area contributed by atoms with Crippen molar-refractivity contribution >= 4 is 11.0 Å². The van der Waals surface area contributed by atoms with Crippen molar-refractivity contribution in [3.8, 4) is 28.5 Å². The number of aromatic amines is 1. The van der Waals surface area contributed by atoms with Crippen LogP contribution < -0.4 is 9.42 Å². The van der Waals surface area contributed by atoms with Gasteiger partial charge in [0.2, 0.25) is 12.7 Å². The van der Waals surface area contributed by atoms with Crippen molar-refractivity contribution in [2.45, 2.75) is 12.9 Å². The Balaban J connectivity index is 1.34. The van der Waals surface area contributed by atoms with Crippen LogP contribution in [0, 0.1) is 11.6 Å². The first-order chi connectivity index (χ1) is 16.2. The zero-order valence-corrected chi connectivity index (χ0v) is 17.0. The Bertz CT molecular complexity index is 1480. The smallest absolute Gasteiger partial charge is 0.406 e. The summed E-state index contributed by atoms with van der Waals surface area (Å²) in [5.41, 5.74) is 2.00. The van der Waals surface area contributed by atoms with E-state index < -0.39 is 18.0 Å². The summed E-state index contributed by atoms with van der Waals surface area (Å²) in [6, 6.07) is 10.6. The summed E-state index contributed by atoms with van der Waals surface area (Å²) >= 11 is 0. The Hall–Kier alpha value is -4.35. The molecule has 12 heteroatoms. The molecule has 1 N–H and O–H groups in total. The molecule has 0 saturated heterocycles. The first-order valence-corrected chi connectivity index (χ1v) is 9.77. The Morgan fingerprint density at radius 3 is 2.62 bits per heavy atom. The highest BCUT2D eigenvalue weighted by Crippen LogP contribution is 2.27. The van der Waals surface area contributed by atoms with Crippen LogP contribution in [0.15, 0.2) is 65.4 Å². The predicted octanol–water partition coefficient (Wildman–Crippen LogP) is 4.79. The summed E-state index contributed by atoms with van der Waals surface area (Å²) in [6.45, 7) is 0.206. The topological polar surface area (TPSA) is 80.7 Å². The second-order valence-electron chi connectivity index (χ2n) is 7.21. The summed E-state index contributed by atoms with van der Waals surface area (Å²) in [7, 11) is 0. The Kier molecular flexibility index (Phi) is 5.19. The summed E-state index contributed by atoms with van der Waals surface area (Å²) in [6.07, 6.45) is -1.68. The van der Waals surface area contributed by atoms with E-state index in [1.54, 1.807) is 12.3 Å². The molecular formula is C22H13F5N5O2+. The van der Waals surface area contributed by atoms with Crippen molar-refractivity contribution in [3.05, 3.63) is 78.3 Å². The van der Waals surface area contributed by atoms with E-state index in [0.29, 0.717) is 28.1 Å². The molecule has 0 fully saturated rings. The van der Waals surface area contributed by atoms with E-state index in [9.17, 15) is 22.0 Å². The van der Waals surface area contributed by atoms with Gasteiger partial charge in [0.15, 0.2) is 23.1 Å². The van der Waals surface area contributed by atoms with Crippen LogP contribution in [0.3, 0.4) is 0 Å². The third kappa shape index (κ3) is 4.42. The number of hydrogen-bond acceptors (Lipinski definition) is 5. The van der Waals surface area contributed by atoms with Crippen LogP contribution >= 0.6 is 0 Å². The SMILES string of the molecule is Fc1cccc(-c2nc3cn[n+](Cc4cc(-c5ccc(OC(F)(F)F)cc5)on4)cc3[nH]2)c1F. The fraction of sp³-hybridized carbons (Fsp3) is 0.0909. The molecule has 0 atom stereocenters. The van der Waals surface area contributed by atoms with E-state index >= 15 is 0 Å². The molecule has 0 aliphatic rings. The van der Waals surface area contributed by atoms with Gasteiger partial charge in [0.05, 0.1) is 5.56 Å². The monoisotopic (exact) mass is 474 g/mol. The van der Waals surface area contributed by atoms with E-state index in [4.69, 9.17) is 4.52 Å². The molecule has 0 aliphatic heterocycles. The first kappa shape index (κ1) is 21.5. The number of imidazole rings is 1. The van der Waals surface area contributed by atoms with E-state index in [1.807, 2.05) is 0 Å². The predicted molar refractivity (Wildman–Crippen MR) is 107 cm³/mol. The highest BCUT2D eigenvalue weighted by Gasteiger charge is 2.31. The Morgan fingerprint density at radius 1 is 1.06 bits per heavy atom. The minimum atomic E-state index is -4.77. The number of fused-ring (bicyclic) bond motifs is 1. The van der Waals surface area contributed by atoms with E-state index in [1.165, 1.54) is 47.3 Å². The number of hydrogen-bond donors (Lipinski definition) is 1. The van der Waals surface area contributed by atoms with Gasteiger partial charge in [-0.3, -0.25) is 0 Å². The number of nitrogens with zero attached hydrogens (tertiary/aromatic N) is 4. The minimum absolute atomic E-state index is 0.00412. The Labute approximate surface area is 187 Å². The molecule has 7 nitrogen and oxygen atoms in total. The van der Waals surface area contributed by atoms with Crippen LogP contribution in [0.2, 0.25) is 0 Å². The van der Waals surface area contributed by atoms with Gasteiger partial charge in [-0.05, 0) is 41.5 Å². The second kappa shape index (κ2) is 8.21. The van der Waals surface area contributed by atoms with Crippen LogP contribution in [0.25, 0.3) is 33.7 Å². The molecule has 0 spiro atoms. The third-order valence-corrected chi connectivity index (χ3v) is 4.83. The molecule has 3 aromatic heterocycles.